The number of aliphatic imine (C=N–C) groups is 2. The topological polar surface area (TPSA) is 36.8 Å². The molecular formula is C14H16ClN3. The minimum absolute atomic E-state index is 0.237. The van der Waals surface area contributed by atoms with Crippen LogP contribution in [0, 0.1) is 0 Å². The molecule has 1 aromatic carbocycles. The molecule has 1 aromatic rings. The van der Waals surface area contributed by atoms with Crippen LogP contribution in [0.15, 0.2) is 40.5 Å². The van der Waals surface area contributed by atoms with Crippen molar-refractivity contribution < 1.29 is 0 Å². The third-order valence-corrected chi connectivity index (χ3v) is 3.03. The Morgan fingerprint density at radius 1 is 1.50 bits per heavy atom. The molecule has 0 radical (unpaired) electrons. The molecular weight excluding hydrogens is 246 g/mol. The van der Waals surface area contributed by atoms with E-state index in [2.05, 4.69) is 40.2 Å². The lowest BCUT2D eigenvalue weighted by Crippen LogP contribution is -2.12. The van der Waals surface area contributed by atoms with Gasteiger partial charge in [-0.1, -0.05) is 12.1 Å². The zero-order valence-corrected chi connectivity index (χ0v) is 11.0. The van der Waals surface area contributed by atoms with E-state index in [0.717, 1.165) is 24.2 Å². The summed E-state index contributed by atoms with van der Waals surface area (Å²) < 4.78 is 0. The first-order valence-electron chi connectivity index (χ1n) is 5.95. The largest absolute Gasteiger partial charge is 0.385 e. The van der Waals surface area contributed by atoms with Crippen LogP contribution in [0.5, 0.6) is 0 Å². The van der Waals surface area contributed by atoms with Gasteiger partial charge in [-0.15, -0.1) is 11.6 Å². The fourth-order valence-electron chi connectivity index (χ4n) is 2.05. The summed E-state index contributed by atoms with van der Waals surface area (Å²) >= 11 is 5.69. The third kappa shape index (κ3) is 2.99. The highest BCUT2D eigenvalue weighted by atomic mass is 35.5. The Hall–Kier alpha value is -1.61. The number of nitrogens with zero attached hydrogens (tertiary/aromatic N) is 2. The van der Waals surface area contributed by atoms with Crippen LogP contribution in [-0.4, -0.2) is 25.0 Å². The van der Waals surface area contributed by atoms with Crippen molar-refractivity contribution >= 4 is 29.7 Å². The molecule has 0 fully saturated rings. The molecule has 94 valence electrons. The highest BCUT2D eigenvalue weighted by Crippen LogP contribution is 2.23. The van der Waals surface area contributed by atoms with Crippen molar-refractivity contribution in [2.45, 2.75) is 12.8 Å². The van der Waals surface area contributed by atoms with Crippen molar-refractivity contribution in [1.29, 1.82) is 0 Å². The number of hydrogen-bond acceptors (Lipinski definition) is 3. The number of benzene rings is 1. The van der Waals surface area contributed by atoms with Crippen LogP contribution in [0.3, 0.4) is 0 Å². The molecule has 1 heterocycles. The second-order valence-electron chi connectivity index (χ2n) is 4.06. The van der Waals surface area contributed by atoms with Crippen molar-refractivity contribution in [3.8, 4) is 0 Å². The van der Waals surface area contributed by atoms with Crippen LogP contribution >= 0.6 is 11.6 Å². The fourth-order valence-corrected chi connectivity index (χ4v) is 2.18. The molecule has 1 N–H and O–H groups in total. The highest BCUT2D eigenvalue weighted by Gasteiger charge is 2.10. The monoisotopic (exact) mass is 261 g/mol. The van der Waals surface area contributed by atoms with Crippen LogP contribution in [0.4, 0.5) is 5.69 Å². The molecule has 3 nitrogen and oxygen atoms in total. The second kappa shape index (κ2) is 6.36. The van der Waals surface area contributed by atoms with Gasteiger partial charge in [-0.05, 0) is 37.3 Å². The Kier molecular flexibility index (Phi) is 4.53. The quantitative estimate of drug-likeness (QED) is 0.504. The number of alkyl halides is 1. The first-order chi connectivity index (χ1) is 8.85. The molecule has 0 amide bonds. The van der Waals surface area contributed by atoms with Gasteiger partial charge in [0.2, 0.25) is 0 Å². The molecule has 0 bridgehead atoms. The van der Waals surface area contributed by atoms with E-state index in [-0.39, 0.29) is 6.00 Å². The van der Waals surface area contributed by atoms with Crippen LogP contribution in [0.1, 0.15) is 17.5 Å². The predicted molar refractivity (Wildman–Crippen MR) is 79.2 cm³/mol. The van der Waals surface area contributed by atoms with Crippen molar-refractivity contribution in [1.82, 2.24) is 0 Å². The molecule has 0 spiro atoms. The zero-order chi connectivity index (χ0) is 12.8. The van der Waals surface area contributed by atoms with E-state index in [9.17, 15) is 0 Å². The summed E-state index contributed by atoms with van der Waals surface area (Å²) in [6.45, 7) is 4.45. The lowest BCUT2D eigenvalue weighted by atomic mass is 9.99. The van der Waals surface area contributed by atoms with Gasteiger partial charge in [-0.25, -0.2) is 0 Å². The summed E-state index contributed by atoms with van der Waals surface area (Å²) in [5.41, 5.74) is 4.43. The first kappa shape index (κ1) is 12.8. The molecule has 18 heavy (non-hydrogen) atoms. The molecule has 1 aliphatic rings. The fraction of sp³-hybridized carbons (Fsp3) is 0.286. The van der Waals surface area contributed by atoms with E-state index in [1.807, 2.05) is 6.08 Å². The summed E-state index contributed by atoms with van der Waals surface area (Å²) in [5, 5.41) is 3.41. The van der Waals surface area contributed by atoms with E-state index in [1.54, 1.807) is 6.20 Å². The van der Waals surface area contributed by atoms with Gasteiger partial charge in [0.15, 0.2) is 0 Å². The number of nitrogens with one attached hydrogen (secondary N) is 1. The lowest BCUT2D eigenvalue weighted by molar-refractivity contribution is 0.830. The summed E-state index contributed by atoms with van der Waals surface area (Å²) in [6, 6.07) is 6.58. The molecule has 0 saturated heterocycles. The number of aryl methyl sites for hydroxylation is 1. The number of anilines is 1. The van der Waals surface area contributed by atoms with E-state index in [1.165, 1.54) is 17.7 Å². The summed E-state index contributed by atoms with van der Waals surface area (Å²) in [4.78, 5) is 7.96. The Morgan fingerprint density at radius 3 is 3.17 bits per heavy atom. The van der Waals surface area contributed by atoms with Gasteiger partial charge in [-0.3, -0.25) is 9.98 Å². The van der Waals surface area contributed by atoms with Crippen LogP contribution in [0.2, 0.25) is 0 Å². The van der Waals surface area contributed by atoms with Crippen molar-refractivity contribution in [3.05, 3.63) is 41.6 Å². The van der Waals surface area contributed by atoms with Gasteiger partial charge in [0.25, 0.3) is 0 Å². The van der Waals surface area contributed by atoms with Gasteiger partial charge in [-0.2, -0.15) is 0 Å². The average Bonchev–Trinajstić information content (AvgIpc) is 2.43. The Morgan fingerprint density at radius 2 is 2.39 bits per heavy atom. The number of fused-ring (bicyclic) bond motifs is 1. The molecule has 4 heteroatoms. The van der Waals surface area contributed by atoms with Crippen molar-refractivity contribution in [2.75, 3.05) is 17.9 Å². The molecule has 0 aromatic heterocycles. The summed E-state index contributed by atoms with van der Waals surface area (Å²) in [5.74, 6) is 0. The van der Waals surface area contributed by atoms with Crippen LogP contribution < -0.4 is 5.32 Å². The van der Waals surface area contributed by atoms with E-state index >= 15 is 0 Å². The van der Waals surface area contributed by atoms with E-state index in [0.29, 0.717) is 0 Å². The van der Waals surface area contributed by atoms with Crippen LogP contribution in [-0.2, 0) is 6.42 Å². The van der Waals surface area contributed by atoms with Crippen LogP contribution in [0.25, 0.3) is 0 Å². The Balaban J connectivity index is 2.33. The number of rotatable bonds is 4. The first-order valence-corrected chi connectivity index (χ1v) is 6.48. The van der Waals surface area contributed by atoms with Gasteiger partial charge < -0.3 is 5.32 Å². The number of allylic oxidation sites excluding steroid dienone is 1. The zero-order valence-electron chi connectivity index (χ0n) is 10.2. The minimum Gasteiger partial charge on any atom is -0.385 e. The average molecular weight is 262 g/mol. The molecule has 2 rings (SSSR count). The van der Waals surface area contributed by atoms with Gasteiger partial charge in [0.05, 0.1) is 5.71 Å². The lowest BCUT2D eigenvalue weighted by Gasteiger charge is -2.18. The smallest absolute Gasteiger partial charge is 0.114 e. The van der Waals surface area contributed by atoms with Crippen molar-refractivity contribution in [2.24, 2.45) is 9.98 Å². The normalized spacial score (nSPS) is 15.3. The Labute approximate surface area is 112 Å². The predicted octanol–water partition coefficient (Wildman–Crippen LogP) is 3.24. The van der Waals surface area contributed by atoms with Gasteiger partial charge in [0.1, 0.15) is 6.00 Å². The number of halogens is 1. The molecule has 0 saturated carbocycles. The molecule has 1 aliphatic heterocycles. The maximum atomic E-state index is 5.69. The van der Waals surface area contributed by atoms with Crippen molar-refractivity contribution in [3.63, 3.8) is 0 Å². The summed E-state index contributed by atoms with van der Waals surface area (Å²) in [6.07, 6.45) is 5.77. The SMILES string of the molecule is C=N/C=C\C(=NCCl)c1ccc2c(c1)NCCC2. The molecule has 0 aliphatic carbocycles. The van der Waals surface area contributed by atoms with E-state index < -0.39 is 0 Å². The standard InChI is InChI=1S/C14H16ClN3/c1-16-8-6-13(18-10-15)12-5-4-11-3-2-7-17-14(11)9-12/h4-6,8-9,17H,1-3,7,10H2/b8-6-,18-13?. The van der Waals surface area contributed by atoms with E-state index in [4.69, 9.17) is 11.6 Å². The minimum atomic E-state index is 0.237. The van der Waals surface area contributed by atoms with Gasteiger partial charge in [0, 0.05) is 24.0 Å². The molecule has 0 atom stereocenters. The maximum Gasteiger partial charge on any atom is 0.114 e. The summed E-state index contributed by atoms with van der Waals surface area (Å²) in [7, 11) is 0. The maximum absolute atomic E-state index is 5.69. The molecule has 0 unspecified atom stereocenters. The highest BCUT2D eigenvalue weighted by molar-refractivity contribution is 6.19. The third-order valence-electron chi connectivity index (χ3n) is 2.91. The van der Waals surface area contributed by atoms with Gasteiger partial charge >= 0.3 is 0 Å². The number of hydrogen-bond donors (Lipinski definition) is 1. The Bertz CT molecular complexity index is 492. The second-order valence-corrected chi connectivity index (χ2v) is 4.30.